The van der Waals surface area contributed by atoms with Crippen LogP contribution in [0.5, 0.6) is 5.75 Å². The minimum Gasteiger partial charge on any atom is -0.491 e. The molecule has 0 aliphatic carbocycles. The van der Waals surface area contributed by atoms with Gasteiger partial charge in [0.15, 0.2) is 11.6 Å². The Bertz CT molecular complexity index is 358. The van der Waals surface area contributed by atoms with Gasteiger partial charge >= 0.3 is 0 Å². The van der Waals surface area contributed by atoms with Crippen LogP contribution in [0.25, 0.3) is 0 Å². The summed E-state index contributed by atoms with van der Waals surface area (Å²) in [5, 5.41) is 0.216. The third kappa shape index (κ3) is 2.56. The van der Waals surface area contributed by atoms with Crippen LogP contribution in [0.2, 0.25) is 19.6 Å². The molecule has 0 radical (unpaired) electrons. The number of hydrogen-bond donors (Lipinski definition) is 0. The van der Waals surface area contributed by atoms with Gasteiger partial charge in [0.25, 0.3) is 0 Å². The Kier molecular flexibility index (Phi) is 3.49. The quantitative estimate of drug-likeness (QED) is 0.725. The van der Waals surface area contributed by atoms with E-state index in [1.165, 1.54) is 12.1 Å². The smallest absolute Gasteiger partial charge is 0.167 e. The molecule has 0 saturated carbocycles. The zero-order valence-corrected chi connectivity index (χ0v) is 10.5. The fourth-order valence-corrected chi connectivity index (χ4v) is 3.07. The van der Waals surface area contributed by atoms with Gasteiger partial charge < -0.3 is 4.74 Å². The average Bonchev–Trinajstić information content (AvgIpc) is 2.08. The van der Waals surface area contributed by atoms with Crippen molar-refractivity contribution in [3.63, 3.8) is 0 Å². The van der Waals surface area contributed by atoms with Crippen LogP contribution in [0, 0.1) is 11.6 Å². The third-order valence-electron chi connectivity index (χ3n) is 2.11. The lowest BCUT2D eigenvalue weighted by Gasteiger charge is -2.19. The molecule has 0 aliphatic heterocycles. The van der Waals surface area contributed by atoms with Crippen LogP contribution in [0.4, 0.5) is 8.78 Å². The monoisotopic (exact) mass is 230 g/mol. The zero-order valence-electron chi connectivity index (χ0n) is 9.53. The number of hydrogen-bond acceptors (Lipinski definition) is 1. The Labute approximate surface area is 90.1 Å². The lowest BCUT2D eigenvalue weighted by molar-refractivity contribution is 0.321. The molecule has 4 heteroatoms. The second-order valence-corrected chi connectivity index (χ2v) is 9.42. The van der Waals surface area contributed by atoms with Crippen LogP contribution < -0.4 is 9.92 Å². The Morgan fingerprint density at radius 3 is 2.27 bits per heavy atom. The van der Waals surface area contributed by atoms with Crippen molar-refractivity contribution >= 4 is 13.3 Å². The van der Waals surface area contributed by atoms with Crippen molar-refractivity contribution in [2.45, 2.75) is 26.6 Å². The van der Waals surface area contributed by atoms with Crippen molar-refractivity contribution in [2.75, 3.05) is 6.61 Å². The van der Waals surface area contributed by atoms with Crippen LogP contribution in [0.15, 0.2) is 12.1 Å². The summed E-state index contributed by atoms with van der Waals surface area (Å²) in [4.78, 5) is 0. The zero-order chi connectivity index (χ0) is 11.6. The summed E-state index contributed by atoms with van der Waals surface area (Å²) in [6.45, 7) is 7.88. The maximum Gasteiger partial charge on any atom is 0.167 e. The summed E-state index contributed by atoms with van der Waals surface area (Å²) in [5.41, 5.74) is 0. The van der Waals surface area contributed by atoms with Crippen molar-refractivity contribution in [1.82, 2.24) is 0 Å². The maximum absolute atomic E-state index is 13.9. The Balaban J connectivity index is 3.30. The lowest BCUT2D eigenvalue weighted by Crippen LogP contribution is -2.42. The summed E-state index contributed by atoms with van der Waals surface area (Å²) in [7, 11) is -2.01. The lowest BCUT2D eigenvalue weighted by atomic mass is 10.3. The molecule has 15 heavy (non-hydrogen) atoms. The maximum atomic E-state index is 13.9. The Hall–Kier alpha value is -0.903. The van der Waals surface area contributed by atoms with E-state index in [4.69, 9.17) is 4.74 Å². The molecule has 0 atom stereocenters. The third-order valence-corrected chi connectivity index (χ3v) is 4.06. The second-order valence-electron chi connectivity index (χ2n) is 4.42. The SMILES string of the molecule is CCOc1ccc(F)c([Si](C)(C)C)c1F. The van der Waals surface area contributed by atoms with Gasteiger partial charge in [-0.15, -0.1) is 0 Å². The van der Waals surface area contributed by atoms with Crippen LogP contribution in [-0.2, 0) is 0 Å². The summed E-state index contributed by atoms with van der Waals surface area (Å²) >= 11 is 0. The van der Waals surface area contributed by atoms with E-state index in [2.05, 4.69) is 0 Å². The molecule has 0 unspecified atom stereocenters. The van der Waals surface area contributed by atoms with Gasteiger partial charge in [-0.1, -0.05) is 19.6 Å². The molecule has 0 saturated heterocycles. The van der Waals surface area contributed by atoms with Crippen LogP contribution >= 0.6 is 0 Å². The van der Waals surface area contributed by atoms with Crippen molar-refractivity contribution in [2.24, 2.45) is 0 Å². The van der Waals surface area contributed by atoms with E-state index in [-0.39, 0.29) is 10.9 Å². The fourth-order valence-electron chi connectivity index (χ4n) is 1.49. The van der Waals surface area contributed by atoms with Gasteiger partial charge in [0.1, 0.15) is 5.82 Å². The first-order chi connectivity index (χ1) is 6.88. The summed E-state index contributed by atoms with van der Waals surface area (Å²) < 4.78 is 32.5. The minimum atomic E-state index is -2.01. The molecule has 0 N–H and O–H groups in total. The highest BCUT2D eigenvalue weighted by Gasteiger charge is 2.27. The predicted octanol–water partition coefficient (Wildman–Crippen LogP) is 2.91. The molecule has 1 rings (SSSR count). The predicted molar refractivity (Wildman–Crippen MR) is 60.5 cm³/mol. The molecule has 1 aromatic carbocycles. The highest BCUT2D eigenvalue weighted by atomic mass is 28.3. The van der Waals surface area contributed by atoms with Gasteiger partial charge in [0, 0.05) is 5.19 Å². The van der Waals surface area contributed by atoms with Crippen molar-refractivity contribution in [3.05, 3.63) is 23.8 Å². The topological polar surface area (TPSA) is 9.23 Å². The van der Waals surface area contributed by atoms with E-state index in [9.17, 15) is 8.78 Å². The second kappa shape index (κ2) is 4.31. The number of halogens is 2. The van der Waals surface area contributed by atoms with Crippen molar-refractivity contribution in [3.8, 4) is 5.75 Å². The Morgan fingerprint density at radius 1 is 1.20 bits per heavy atom. The van der Waals surface area contributed by atoms with Gasteiger partial charge in [-0.2, -0.15) is 0 Å². The molecular formula is C11H16F2OSi. The summed E-state index contributed by atoms with van der Waals surface area (Å²) in [6, 6.07) is 2.62. The molecule has 0 heterocycles. The van der Waals surface area contributed by atoms with Crippen LogP contribution in [-0.4, -0.2) is 14.7 Å². The molecular weight excluding hydrogens is 214 g/mol. The van der Waals surface area contributed by atoms with E-state index < -0.39 is 19.7 Å². The highest BCUT2D eigenvalue weighted by molar-refractivity contribution is 6.88. The largest absolute Gasteiger partial charge is 0.491 e. The summed E-state index contributed by atoms with van der Waals surface area (Å²) in [6.07, 6.45) is 0. The van der Waals surface area contributed by atoms with Crippen molar-refractivity contribution in [1.29, 1.82) is 0 Å². The van der Waals surface area contributed by atoms with E-state index in [0.29, 0.717) is 6.61 Å². The normalized spacial score (nSPS) is 11.6. The first-order valence-electron chi connectivity index (χ1n) is 4.99. The van der Waals surface area contributed by atoms with E-state index in [1.807, 2.05) is 19.6 Å². The molecule has 0 amide bonds. The number of benzene rings is 1. The highest BCUT2D eigenvalue weighted by Crippen LogP contribution is 2.19. The van der Waals surface area contributed by atoms with Crippen LogP contribution in [0.3, 0.4) is 0 Å². The van der Waals surface area contributed by atoms with Gasteiger partial charge in [-0.3, -0.25) is 0 Å². The molecule has 0 aliphatic rings. The van der Waals surface area contributed by atoms with Gasteiger partial charge in [-0.05, 0) is 19.1 Å². The molecule has 0 aromatic heterocycles. The summed E-state index contributed by atoms with van der Waals surface area (Å²) in [5.74, 6) is -0.845. The fraction of sp³-hybridized carbons (Fsp3) is 0.455. The number of ether oxygens (including phenoxy) is 1. The van der Waals surface area contributed by atoms with Crippen molar-refractivity contribution < 1.29 is 13.5 Å². The first-order valence-corrected chi connectivity index (χ1v) is 8.49. The molecule has 1 aromatic rings. The minimum absolute atomic E-state index is 0.149. The van der Waals surface area contributed by atoms with E-state index >= 15 is 0 Å². The van der Waals surface area contributed by atoms with Gasteiger partial charge in [0.2, 0.25) is 0 Å². The van der Waals surface area contributed by atoms with E-state index in [1.54, 1.807) is 6.92 Å². The van der Waals surface area contributed by atoms with Gasteiger partial charge in [0.05, 0.1) is 14.7 Å². The molecule has 0 spiro atoms. The van der Waals surface area contributed by atoms with E-state index in [0.717, 1.165) is 0 Å². The average molecular weight is 230 g/mol. The standard InChI is InChI=1S/C11H16F2OSi/c1-5-14-9-7-6-8(12)11(10(9)13)15(2,3)4/h6-7H,5H2,1-4H3. The van der Waals surface area contributed by atoms with Gasteiger partial charge in [-0.25, -0.2) is 8.78 Å². The molecule has 84 valence electrons. The Morgan fingerprint density at radius 2 is 1.80 bits per heavy atom. The first kappa shape index (κ1) is 12.2. The molecule has 0 bridgehead atoms. The molecule has 0 fully saturated rings. The molecule has 1 nitrogen and oxygen atoms in total. The number of rotatable bonds is 3. The van der Waals surface area contributed by atoms with Crippen LogP contribution in [0.1, 0.15) is 6.92 Å².